The van der Waals surface area contributed by atoms with E-state index in [1.807, 2.05) is 18.2 Å². The Morgan fingerprint density at radius 2 is 1.72 bits per heavy atom. The highest BCUT2D eigenvalue weighted by Crippen LogP contribution is 2.29. The Morgan fingerprint density at radius 3 is 2.36 bits per heavy atom. The number of nitrogens with one attached hydrogen (secondary N) is 1. The summed E-state index contributed by atoms with van der Waals surface area (Å²) < 4.78 is 34.7. The van der Waals surface area contributed by atoms with E-state index < -0.39 is 9.84 Å². The Kier molecular flexibility index (Phi) is 9.64. The number of benzene rings is 3. The lowest BCUT2D eigenvalue weighted by Crippen LogP contribution is -2.38. The first-order chi connectivity index (χ1) is 18.6. The number of sulfone groups is 1. The number of halogens is 2. The Balaban J connectivity index is 1.28. The first kappa shape index (κ1) is 29.1. The van der Waals surface area contributed by atoms with Gasteiger partial charge in [-0.3, -0.25) is 4.79 Å². The predicted octanol–water partition coefficient (Wildman–Crippen LogP) is 5.67. The van der Waals surface area contributed by atoms with Crippen molar-refractivity contribution in [3.8, 4) is 11.5 Å². The number of anilines is 1. The van der Waals surface area contributed by atoms with Gasteiger partial charge in [0.15, 0.2) is 21.3 Å². The maximum absolute atomic E-state index is 12.9. The minimum atomic E-state index is -3.21. The molecule has 208 valence electrons. The van der Waals surface area contributed by atoms with Crippen molar-refractivity contribution in [2.24, 2.45) is 5.92 Å². The molecule has 0 saturated carbocycles. The summed E-state index contributed by atoms with van der Waals surface area (Å²) in [6.07, 6.45) is 3.65. The maximum atomic E-state index is 12.9. The van der Waals surface area contributed by atoms with Crippen LogP contribution < -0.4 is 19.7 Å². The minimum absolute atomic E-state index is 0.165. The molecule has 0 atom stereocenters. The Labute approximate surface area is 239 Å². The van der Waals surface area contributed by atoms with Crippen LogP contribution in [0.1, 0.15) is 28.8 Å². The summed E-state index contributed by atoms with van der Waals surface area (Å²) in [5.41, 5.74) is 2.43. The Morgan fingerprint density at radius 1 is 1.00 bits per heavy atom. The smallest absolute Gasteiger partial charge is 0.251 e. The monoisotopic (exact) mass is 590 g/mol. The molecule has 1 heterocycles. The summed E-state index contributed by atoms with van der Waals surface area (Å²) >= 11 is 12.2. The van der Waals surface area contributed by atoms with Crippen molar-refractivity contribution < 1.29 is 22.7 Å². The van der Waals surface area contributed by atoms with Crippen molar-refractivity contribution >= 4 is 44.6 Å². The second kappa shape index (κ2) is 12.9. The van der Waals surface area contributed by atoms with Crippen LogP contribution in [0, 0.1) is 5.92 Å². The number of rotatable bonds is 10. The van der Waals surface area contributed by atoms with Crippen LogP contribution in [0.2, 0.25) is 10.0 Å². The normalized spacial score (nSPS) is 14.2. The third kappa shape index (κ3) is 7.81. The maximum Gasteiger partial charge on any atom is 0.251 e. The number of ether oxygens (including phenoxy) is 2. The van der Waals surface area contributed by atoms with E-state index in [-0.39, 0.29) is 5.91 Å². The fourth-order valence-electron chi connectivity index (χ4n) is 4.56. The number of methoxy groups -OCH3 is 1. The molecule has 39 heavy (non-hydrogen) atoms. The van der Waals surface area contributed by atoms with E-state index in [1.165, 1.54) is 6.26 Å². The zero-order valence-corrected chi connectivity index (χ0v) is 24.3. The zero-order chi connectivity index (χ0) is 28.0. The minimum Gasteiger partial charge on any atom is -0.493 e. The number of carbonyl (C=O) groups is 1. The molecule has 0 aliphatic carbocycles. The van der Waals surface area contributed by atoms with Crippen LogP contribution in [0.3, 0.4) is 0 Å². The lowest BCUT2D eigenvalue weighted by atomic mass is 9.96. The first-order valence-electron chi connectivity index (χ1n) is 12.7. The highest BCUT2D eigenvalue weighted by atomic mass is 35.5. The Hall–Kier alpha value is -2.94. The highest BCUT2D eigenvalue weighted by Gasteiger charge is 2.21. The van der Waals surface area contributed by atoms with Gasteiger partial charge in [-0.15, -0.1) is 0 Å². The van der Waals surface area contributed by atoms with Crippen LogP contribution in [-0.2, 0) is 16.3 Å². The topological polar surface area (TPSA) is 84.9 Å². The van der Waals surface area contributed by atoms with E-state index in [0.29, 0.717) is 57.5 Å². The number of hydrogen-bond donors (Lipinski definition) is 1. The summed E-state index contributed by atoms with van der Waals surface area (Å²) in [5, 5.41) is 4.22. The SMILES string of the molecule is COc1ccc(C(=O)NCC2CCN(c3ccc(S(C)(=O)=O)cc3)CC2)cc1OCCc1ccc(Cl)cc1Cl. The van der Waals surface area contributed by atoms with Crippen molar-refractivity contribution in [2.75, 3.05) is 44.5 Å². The van der Waals surface area contributed by atoms with Gasteiger partial charge >= 0.3 is 0 Å². The van der Waals surface area contributed by atoms with Crippen molar-refractivity contribution in [3.05, 3.63) is 81.8 Å². The summed E-state index contributed by atoms with van der Waals surface area (Å²) in [7, 11) is -1.65. The molecule has 0 aromatic heterocycles. The molecule has 0 radical (unpaired) electrons. The number of amides is 1. The van der Waals surface area contributed by atoms with Gasteiger partial charge in [0, 0.05) is 53.6 Å². The molecule has 1 amide bonds. The lowest BCUT2D eigenvalue weighted by molar-refractivity contribution is 0.0944. The molecule has 1 saturated heterocycles. The van der Waals surface area contributed by atoms with Crippen molar-refractivity contribution in [1.29, 1.82) is 0 Å². The third-order valence-corrected chi connectivity index (χ3v) is 8.58. The van der Waals surface area contributed by atoms with E-state index >= 15 is 0 Å². The number of nitrogens with zero attached hydrogens (tertiary/aromatic N) is 1. The van der Waals surface area contributed by atoms with Crippen LogP contribution in [0.5, 0.6) is 11.5 Å². The molecule has 3 aromatic carbocycles. The molecular formula is C29H32Cl2N2O5S. The predicted molar refractivity (Wildman–Crippen MR) is 155 cm³/mol. The average molecular weight is 592 g/mol. The van der Waals surface area contributed by atoms with Gasteiger partial charge in [0.25, 0.3) is 5.91 Å². The Bertz CT molecular complexity index is 1410. The molecule has 1 aliphatic rings. The molecule has 0 bridgehead atoms. The third-order valence-electron chi connectivity index (χ3n) is 6.87. The molecule has 4 rings (SSSR count). The molecule has 10 heteroatoms. The van der Waals surface area contributed by atoms with Gasteiger partial charge in [0.2, 0.25) is 0 Å². The van der Waals surface area contributed by atoms with Crippen molar-refractivity contribution in [3.63, 3.8) is 0 Å². The second-order valence-corrected chi connectivity index (χ2v) is 12.5. The number of hydrogen-bond acceptors (Lipinski definition) is 6. The van der Waals surface area contributed by atoms with Crippen LogP contribution in [0.15, 0.2) is 65.6 Å². The van der Waals surface area contributed by atoms with E-state index in [1.54, 1.807) is 49.6 Å². The van der Waals surface area contributed by atoms with Crippen LogP contribution in [0.25, 0.3) is 0 Å². The second-order valence-electron chi connectivity index (χ2n) is 9.61. The molecule has 1 fully saturated rings. The zero-order valence-electron chi connectivity index (χ0n) is 22.0. The van der Waals surface area contributed by atoms with E-state index in [9.17, 15) is 13.2 Å². The van der Waals surface area contributed by atoms with Gasteiger partial charge in [-0.2, -0.15) is 0 Å². The molecule has 3 aromatic rings. The first-order valence-corrected chi connectivity index (χ1v) is 15.4. The van der Waals surface area contributed by atoms with E-state index in [0.717, 1.165) is 37.2 Å². The fourth-order valence-corrected chi connectivity index (χ4v) is 5.70. The number of carbonyl (C=O) groups excluding carboxylic acids is 1. The summed E-state index contributed by atoms with van der Waals surface area (Å²) in [6, 6.07) is 17.5. The summed E-state index contributed by atoms with van der Waals surface area (Å²) in [4.78, 5) is 15.5. The molecule has 7 nitrogen and oxygen atoms in total. The molecular weight excluding hydrogens is 559 g/mol. The quantitative estimate of drug-likeness (QED) is 0.327. The average Bonchev–Trinajstić information content (AvgIpc) is 2.92. The summed E-state index contributed by atoms with van der Waals surface area (Å²) in [5.74, 6) is 1.23. The van der Waals surface area contributed by atoms with Gasteiger partial charge in [0.05, 0.1) is 18.6 Å². The van der Waals surface area contributed by atoms with Gasteiger partial charge in [-0.1, -0.05) is 29.3 Å². The largest absolute Gasteiger partial charge is 0.493 e. The fraction of sp³-hybridized carbons (Fsp3) is 0.345. The van der Waals surface area contributed by atoms with Crippen molar-refractivity contribution in [1.82, 2.24) is 5.32 Å². The van der Waals surface area contributed by atoms with Crippen molar-refractivity contribution in [2.45, 2.75) is 24.2 Å². The van der Waals surface area contributed by atoms with E-state index in [4.69, 9.17) is 32.7 Å². The van der Waals surface area contributed by atoms with Crippen LogP contribution in [-0.4, -0.2) is 53.9 Å². The number of piperidine rings is 1. The molecule has 1 aliphatic heterocycles. The molecule has 0 spiro atoms. The van der Waals surface area contributed by atoms with E-state index in [2.05, 4.69) is 10.2 Å². The van der Waals surface area contributed by atoms with Gasteiger partial charge in [-0.25, -0.2) is 8.42 Å². The highest BCUT2D eigenvalue weighted by molar-refractivity contribution is 7.90. The van der Waals surface area contributed by atoms with Crippen LogP contribution >= 0.6 is 23.2 Å². The molecule has 0 unspecified atom stereocenters. The molecule has 1 N–H and O–H groups in total. The standard InChI is InChI=1S/C29H32Cl2N2O5S/c1-37-27-10-4-22(17-28(27)38-16-13-21-3-5-23(30)18-26(21)31)29(34)32-19-20-11-14-33(15-12-20)24-6-8-25(9-7-24)39(2,35)36/h3-10,17-18,20H,11-16,19H2,1-2H3,(H,32,34). The summed E-state index contributed by atoms with van der Waals surface area (Å²) in [6.45, 7) is 2.63. The van der Waals surface area contributed by atoms with Crippen LogP contribution in [0.4, 0.5) is 5.69 Å². The lowest BCUT2D eigenvalue weighted by Gasteiger charge is -2.33. The van der Waals surface area contributed by atoms with Gasteiger partial charge in [0.1, 0.15) is 0 Å². The van der Waals surface area contributed by atoms with Gasteiger partial charge in [-0.05, 0) is 78.9 Å². The van der Waals surface area contributed by atoms with Gasteiger partial charge < -0.3 is 19.7 Å².